The van der Waals surface area contributed by atoms with Gasteiger partial charge in [0.2, 0.25) is 0 Å². The molecule has 4 rings (SSSR count). The maximum absolute atomic E-state index is 13.8. The number of thioether (sulfide) groups is 1. The van der Waals surface area contributed by atoms with Crippen LogP contribution in [0, 0.1) is 5.82 Å². The minimum absolute atomic E-state index is 0.236. The van der Waals surface area contributed by atoms with Crippen molar-refractivity contribution in [3.05, 3.63) is 78.6 Å². The predicted octanol–water partition coefficient (Wildman–Crippen LogP) is 5.26. The van der Waals surface area contributed by atoms with Crippen LogP contribution in [0.4, 0.5) is 4.39 Å². The fourth-order valence-electron chi connectivity index (χ4n) is 3.18. The molecule has 0 bridgehead atoms. The third-order valence-corrected chi connectivity index (χ3v) is 5.59. The second kappa shape index (κ2) is 10.2. The first-order valence-corrected chi connectivity index (χ1v) is 10.9. The number of aromatic nitrogens is 3. The highest BCUT2D eigenvalue weighted by molar-refractivity contribution is 7.99. The summed E-state index contributed by atoms with van der Waals surface area (Å²) in [6.07, 6.45) is 0. The fraction of sp³-hybridized carbons (Fsp3) is 0.167. The third kappa shape index (κ3) is 4.70. The molecule has 0 saturated heterocycles. The van der Waals surface area contributed by atoms with Gasteiger partial charge in [0.25, 0.3) is 0 Å². The summed E-state index contributed by atoms with van der Waals surface area (Å²) in [7, 11) is 3.20. The number of hydrogen-bond donors (Lipinski definition) is 0. The van der Waals surface area contributed by atoms with Crippen LogP contribution < -0.4 is 14.2 Å². The van der Waals surface area contributed by atoms with Gasteiger partial charge >= 0.3 is 0 Å². The van der Waals surface area contributed by atoms with Gasteiger partial charge in [-0.05, 0) is 24.3 Å². The number of nitrogens with zero attached hydrogens (tertiary/aromatic N) is 3. The zero-order valence-electron chi connectivity index (χ0n) is 17.7. The highest BCUT2D eigenvalue weighted by Crippen LogP contribution is 2.33. The van der Waals surface area contributed by atoms with E-state index in [9.17, 15) is 4.39 Å². The Labute approximate surface area is 190 Å². The van der Waals surface area contributed by atoms with Gasteiger partial charge in [0.05, 0.1) is 26.5 Å². The number of hydrogen-bond acceptors (Lipinski definition) is 6. The average Bonchev–Trinajstić information content (AvgIpc) is 3.27. The Morgan fingerprint density at radius 1 is 0.844 bits per heavy atom. The topological polar surface area (TPSA) is 58.4 Å². The lowest BCUT2D eigenvalue weighted by atomic mass is 10.2. The summed E-state index contributed by atoms with van der Waals surface area (Å²) in [6, 6.07) is 21.9. The molecule has 8 heteroatoms. The van der Waals surface area contributed by atoms with Gasteiger partial charge in [0.15, 0.2) is 34.0 Å². The molecule has 0 saturated carbocycles. The van der Waals surface area contributed by atoms with E-state index < -0.39 is 0 Å². The molecular weight excluding hydrogens is 429 g/mol. The molecular formula is C24H22FN3O3S. The molecule has 0 N–H and O–H groups in total. The Morgan fingerprint density at radius 3 is 2.34 bits per heavy atom. The average molecular weight is 452 g/mol. The van der Waals surface area contributed by atoms with Crippen molar-refractivity contribution >= 4 is 11.8 Å². The lowest BCUT2D eigenvalue weighted by Gasteiger charge is -2.14. The highest BCUT2D eigenvalue weighted by atomic mass is 32.2. The maximum atomic E-state index is 13.8. The van der Waals surface area contributed by atoms with Gasteiger partial charge in [0.1, 0.15) is 0 Å². The van der Waals surface area contributed by atoms with Gasteiger partial charge in [-0.15, -0.1) is 10.2 Å². The molecule has 0 radical (unpaired) electrons. The second-order valence-corrected chi connectivity index (χ2v) is 7.74. The van der Waals surface area contributed by atoms with Crippen molar-refractivity contribution in [1.82, 2.24) is 14.8 Å². The summed E-state index contributed by atoms with van der Waals surface area (Å²) < 4.78 is 32.1. The molecule has 0 aliphatic heterocycles. The van der Waals surface area contributed by atoms with Gasteiger partial charge in [-0.1, -0.05) is 54.2 Å². The molecule has 0 spiro atoms. The number of methoxy groups -OCH3 is 2. The van der Waals surface area contributed by atoms with Gasteiger partial charge in [-0.3, -0.25) is 4.57 Å². The first-order chi connectivity index (χ1) is 15.7. The highest BCUT2D eigenvalue weighted by Gasteiger charge is 2.18. The largest absolute Gasteiger partial charge is 0.493 e. The molecule has 0 amide bonds. The monoisotopic (exact) mass is 451 g/mol. The van der Waals surface area contributed by atoms with E-state index in [-0.39, 0.29) is 11.6 Å². The molecule has 6 nitrogen and oxygen atoms in total. The third-order valence-electron chi connectivity index (χ3n) is 4.70. The van der Waals surface area contributed by atoms with Crippen LogP contribution in [0.2, 0.25) is 0 Å². The molecule has 0 aliphatic rings. The standard InChI is InChI=1S/C24H22FN3O3S/c1-29-21-13-12-18(16-22(21)30-2)28-23(17-8-4-3-5-9-17)26-27-24(28)32-15-14-31-20-11-7-6-10-19(20)25/h3-13,16H,14-15H2,1-2H3. The maximum Gasteiger partial charge on any atom is 0.196 e. The van der Waals surface area contributed by atoms with Crippen molar-refractivity contribution in [2.24, 2.45) is 0 Å². The van der Waals surface area contributed by atoms with Crippen molar-refractivity contribution in [1.29, 1.82) is 0 Å². The summed E-state index contributed by atoms with van der Waals surface area (Å²) in [5, 5.41) is 9.52. The van der Waals surface area contributed by atoms with E-state index in [0.29, 0.717) is 34.8 Å². The molecule has 1 aromatic heterocycles. The van der Waals surface area contributed by atoms with Crippen LogP contribution in [-0.4, -0.2) is 41.3 Å². The Bertz CT molecular complexity index is 1180. The van der Waals surface area contributed by atoms with Gasteiger partial charge < -0.3 is 14.2 Å². The second-order valence-electron chi connectivity index (χ2n) is 6.67. The lowest BCUT2D eigenvalue weighted by Crippen LogP contribution is -2.04. The summed E-state index contributed by atoms with van der Waals surface area (Å²) in [4.78, 5) is 0. The SMILES string of the molecule is COc1ccc(-n2c(SCCOc3ccccc3F)nnc2-c2ccccc2)cc1OC. The zero-order chi connectivity index (χ0) is 22.3. The van der Waals surface area contributed by atoms with Gasteiger partial charge in [-0.25, -0.2) is 4.39 Å². The van der Waals surface area contributed by atoms with Crippen LogP contribution >= 0.6 is 11.8 Å². The van der Waals surface area contributed by atoms with Crippen LogP contribution in [0.1, 0.15) is 0 Å². The first kappa shape index (κ1) is 21.7. The van der Waals surface area contributed by atoms with E-state index in [1.807, 2.05) is 53.1 Å². The Kier molecular flexibility index (Phi) is 6.91. The minimum Gasteiger partial charge on any atom is -0.493 e. The minimum atomic E-state index is -0.377. The van der Waals surface area contributed by atoms with Crippen molar-refractivity contribution < 1.29 is 18.6 Å². The summed E-state index contributed by atoms with van der Waals surface area (Å²) in [6.45, 7) is 0.324. The summed E-state index contributed by atoms with van der Waals surface area (Å²) in [5.74, 6) is 2.37. The van der Waals surface area contributed by atoms with Crippen LogP contribution in [-0.2, 0) is 0 Å². The van der Waals surface area contributed by atoms with Crippen molar-refractivity contribution in [2.75, 3.05) is 26.6 Å². The molecule has 0 fully saturated rings. The Morgan fingerprint density at radius 2 is 1.59 bits per heavy atom. The number of ether oxygens (including phenoxy) is 3. The number of benzene rings is 3. The lowest BCUT2D eigenvalue weighted by molar-refractivity contribution is 0.325. The molecule has 32 heavy (non-hydrogen) atoms. The smallest absolute Gasteiger partial charge is 0.196 e. The predicted molar refractivity (Wildman–Crippen MR) is 123 cm³/mol. The van der Waals surface area contributed by atoms with E-state index in [1.54, 1.807) is 32.4 Å². The Hall–Kier alpha value is -3.52. The molecule has 0 aliphatic carbocycles. The van der Waals surface area contributed by atoms with E-state index in [1.165, 1.54) is 17.8 Å². The van der Waals surface area contributed by atoms with E-state index in [2.05, 4.69) is 10.2 Å². The van der Waals surface area contributed by atoms with Gasteiger partial charge in [-0.2, -0.15) is 0 Å². The van der Waals surface area contributed by atoms with Crippen LogP contribution in [0.5, 0.6) is 17.2 Å². The van der Waals surface area contributed by atoms with Crippen molar-refractivity contribution in [3.8, 4) is 34.3 Å². The number of para-hydroxylation sites is 1. The zero-order valence-corrected chi connectivity index (χ0v) is 18.5. The normalized spacial score (nSPS) is 10.7. The molecule has 0 atom stereocenters. The van der Waals surface area contributed by atoms with Crippen molar-refractivity contribution in [3.63, 3.8) is 0 Å². The molecule has 0 unspecified atom stereocenters. The van der Waals surface area contributed by atoms with E-state index in [0.717, 1.165) is 11.3 Å². The number of rotatable bonds is 9. The fourth-order valence-corrected chi connectivity index (χ4v) is 3.95. The van der Waals surface area contributed by atoms with E-state index >= 15 is 0 Å². The van der Waals surface area contributed by atoms with Crippen LogP contribution in [0.3, 0.4) is 0 Å². The first-order valence-electron chi connectivity index (χ1n) is 9.94. The van der Waals surface area contributed by atoms with Crippen molar-refractivity contribution in [2.45, 2.75) is 5.16 Å². The summed E-state index contributed by atoms with van der Waals surface area (Å²) in [5.41, 5.74) is 1.77. The summed E-state index contributed by atoms with van der Waals surface area (Å²) >= 11 is 1.48. The van der Waals surface area contributed by atoms with Crippen LogP contribution in [0.15, 0.2) is 78.0 Å². The molecule has 4 aromatic rings. The van der Waals surface area contributed by atoms with Crippen LogP contribution in [0.25, 0.3) is 17.1 Å². The molecule has 1 heterocycles. The quantitative estimate of drug-likeness (QED) is 0.256. The Balaban J connectivity index is 1.61. The molecule has 164 valence electrons. The van der Waals surface area contributed by atoms with Gasteiger partial charge in [0, 0.05) is 17.4 Å². The van der Waals surface area contributed by atoms with E-state index in [4.69, 9.17) is 14.2 Å². The number of halogens is 1. The molecule has 3 aromatic carbocycles.